The van der Waals surface area contributed by atoms with Crippen LogP contribution in [0.2, 0.25) is 0 Å². The molecule has 0 N–H and O–H groups in total. The van der Waals surface area contributed by atoms with Gasteiger partial charge in [0.25, 0.3) is 0 Å². The van der Waals surface area contributed by atoms with E-state index in [1.54, 1.807) is 0 Å². The highest BCUT2D eigenvalue weighted by molar-refractivity contribution is 5.66. The summed E-state index contributed by atoms with van der Waals surface area (Å²) in [5.74, 6) is 0.732. The van der Waals surface area contributed by atoms with Crippen LogP contribution in [-0.4, -0.2) is 9.38 Å². The molecule has 1 aliphatic carbocycles. The molecule has 3 rings (SSSR count). The molecule has 20 heavy (non-hydrogen) atoms. The summed E-state index contributed by atoms with van der Waals surface area (Å²) < 4.78 is 2.17. The van der Waals surface area contributed by atoms with Gasteiger partial charge < -0.3 is 4.40 Å². The Balaban J connectivity index is 2.05. The molecule has 2 heterocycles. The molecule has 1 aliphatic rings. The van der Waals surface area contributed by atoms with Gasteiger partial charge >= 0.3 is 0 Å². The predicted octanol–water partition coefficient (Wildman–Crippen LogP) is 4.75. The molecule has 2 nitrogen and oxygen atoms in total. The monoisotopic (exact) mass is 268 g/mol. The van der Waals surface area contributed by atoms with Crippen molar-refractivity contribution >= 4 is 11.2 Å². The molecule has 1 fully saturated rings. The van der Waals surface area contributed by atoms with Gasteiger partial charge in [0.2, 0.25) is 0 Å². The maximum Gasteiger partial charge on any atom is 0.137 e. The van der Waals surface area contributed by atoms with Crippen LogP contribution in [0.25, 0.3) is 11.2 Å². The molecular formula is C18H24N2. The highest BCUT2D eigenvalue weighted by Gasteiger charge is 2.46. The van der Waals surface area contributed by atoms with Gasteiger partial charge in [-0.15, -0.1) is 0 Å². The van der Waals surface area contributed by atoms with Gasteiger partial charge in [-0.25, -0.2) is 4.98 Å². The fraction of sp³-hybridized carbons (Fsp3) is 0.500. The van der Waals surface area contributed by atoms with Crippen LogP contribution in [0.15, 0.2) is 25.0 Å². The lowest BCUT2D eigenvalue weighted by atomic mass is 9.92. The van der Waals surface area contributed by atoms with Crippen molar-refractivity contribution in [2.24, 2.45) is 5.92 Å². The zero-order valence-electron chi connectivity index (χ0n) is 13.0. The van der Waals surface area contributed by atoms with Crippen LogP contribution in [0.1, 0.15) is 56.9 Å². The second-order valence-corrected chi connectivity index (χ2v) is 6.92. The maximum absolute atomic E-state index is 4.89. The highest BCUT2D eigenvalue weighted by atomic mass is 15.0. The minimum absolute atomic E-state index is 0.359. The first-order valence-corrected chi connectivity index (χ1v) is 7.57. The predicted molar refractivity (Wildman–Crippen MR) is 85.0 cm³/mol. The minimum Gasteiger partial charge on any atom is -0.306 e. The van der Waals surface area contributed by atoms with Crippen LogP contribution < -0.4 is 0 Å². The zero-order chi connectivity index (χ0) is 14.5. The molecule has 0 bridgehead atoms. The SMILES string of the molecule is C=C(C)c1cn2cc(C3(CC(C)C)CC3)nc2cc1C. The number of rotatable bonds is 4. The summed E-state index contributed by atoms with van der Waals surface area (Å²) in [5, 5.41) is 0. The molecule has 0 atom stereocenters. The molecular weight excluding hydrogens is 244 g/mol. The van der Waals surface area contributed by atoms with Gasteiger partial charge in [-0.2, -0.15) is 0 Å². The third-order valence-corrected chi connectivity index (χ3v) is 4.46. The van der Waals surface area contributed by atoms with Crippen molar-refractivity contribution in [2.75, 3.05) is 0 Å². The first-order valence-electron chi connectivity index (χ1n) is 7.57. The molecule has 2 aromatic heterocycles. The van der Waals surface area contributed by atoms with E-state index < -0.39 is 0 Å². The van der Waals surface area contributed by atoms with E-state index in [-0.39, 0.29) is 0 Å². The maximum atomic E-state index is 4.89. The van der Waals surface area contributed by atoms with Crippen LogP contribution in [0.3, 0.4) is 0 Å². The number of allylic oxidation sites excluding steroid dienone is 1. The lowest BCUT2D eigenvalue weighted by Crippen LogP contribution is -2.10. The normalized spacial score (nSPS) is 16.9. The summed E-state index contributed by atoms with van der Waals surface area (Å²) >= 11 is 0. The van der Waals surface area contributed by atoms with Crippen LogP contribution in [-0.2, 0) is 5.41 Å². The van der Waals surface area contributed by atoms with Crippen LogP contribution >= 0.6 is 0 Å². The van der Waals surface area contributed by atoms with Crippen molar-refractivity contribution in [1.82, 2.24) is 9.38 Å². The third-order valence-electron chi connectivity index (χ3n) is 4.46. The first kappa shape index (κ1) is 13.4. The Morgan fingerprint density at radius 3 is 2.65 bits per heavy atom. The third kappa shape index (κ3) is 2.17. The summed E-state index contributed by atoms with van der Waals surface area (Å²) in [6.45, 7) is 12.9. The number of imidazole rings is 1. The van der Waals surface area contributed by atoms with Gasteiger partial charge in [0.1, 0.15) is 5.65 Å². The van der Waals surface area contributed by atoms with Crippen molar-refractivity contribution < 1.29 is 0 Å². The number of nitrogens with zero attached hydrogens (tertiary/aromatic N) is 2. The Morgan fingerprint density at radius 1 is 1.40 bits per heavy atom. The van der Waals surface area contributed by atoms with E-state index >= 15 is 0 Å². The van der Waals surface area contributed by atoms with Gasteiger partial charge in [0.05, 0.1) is 5.69 Å². The second-order valence-electron chi connectivity index (χ2n) is 6.92. The van der Waals surface area contributed by atoms with E-state index in [9.17, 15) is 0 Å². The Kier molecular flexibility index (Phi) is 3.00. The smallest absolute Gasteiger partial charge is 0.137 e. The number of aromatic nitrogens is 2. The number of pyridine rings is 1. The summed E-state index contributed by atoms with van der Waals surface area (Å²) in [6, 6.07) is 2.18. The van der Waals surface area contributed by atoms with Crippen molar-refractivity contribution in [3.05, 3.63) is 41.9 Å². The van der Waals surface area contributed by atoms with Crippen molar-refractivity contribution in [3.8, 4) is 0 Å². The van der Waals surface area contributed by atoms with Crippen LogP contribution in [0.4, 0.5) is 0 Å². The number of hydrogen-bond donors (Lipinski definition) is 0. The van der Waals surface area contributed by atoms with Gasteiger partial charge in [-0.3, -0.25) is 0 Å². The molecule has 106 valence electrons. The molecule has 1 saturated carbocycles. The standard InChI is InChI=1S/C18H24N2/c1-12(2)9-18(6-7-18)16-11-20-10-15(13(3)4)14(5)8-17(20)19-16/h8,10-12H,3,6-7,9H2,1-2,4-5H3. The Labute approximate surface area is 121 Å². The molecule has 0 spiro atoms. The summed E-state index contributed by atoms with van der Waals surface area (Å²) in [6.07, 6.45) is 8.25. The topological polar surface area (TPSA) is 17.3 Å². The van der Waals surface area contributed by atoms with Crippen LogP contribution in [0, 0.1) is 12.8 Å². The lowest BCUT2D eigenvalue weighted by molar-refractivity contribution is 0.480. The molecule has 0 aromatic carbocycles. The number of fused-ring (bicyclic) bond motifs is 1. The second kappa shape index (κ2) is 4.47. The van der Waals surface area contributed by atoms with Gasteiger partial charge in [0.15, 0.2) is 0 Å². The first-order chi connectivity index (χ1) is 9.41. The summed E-state index contributed by atoms with van der Waals surface area (Å²) in [4.78, 5) is 4.89. The lowest BCUT2D eigenvalue weighted by Gasteiger charge is -2.14. The summed E-state index contributed by atoms with van der Waals surface area (Å²) in [7, 11) is 0. The molecule has 0 unspecified atom stereocenters. The average Bonchev–Trinajstić information content (AvgIpc) is 2.99. The van der Waals surface area contributed by atoms with E-state index in [0.717, 1.165) is 17.1 Å². The molecule has 2 heteroatoms. The van der Waals surface area contributed by atoms with Crippen molar-refractivity contribution in [2.45, 2.75) is 52.4 Å². The van der Waals surface area contributed by atoms with Crippen molar-refractivity contribution in [3.63, 3.8) is 0 Å². The minimum atomic E-state index is 0.359. The Bertz CT molecular complexity index is 672. The van der Waals surface area contributed by atoms with Gasteiger partial charge in [0, 0.05) is 17.8 Å². The number of hydrogen-bond acceptors (Lipinski definition) is 1. The van der Waals surface area contributed by atoms with Crippen LogP contribution in [0.5, 0.6) is 0 Å². The zero-order valence-corrected chi connectivity index (χ0v) is 13.0. The highest BCUT2D eigenvalue weighted by Crippen LogP contribution is 2.52. The Morgan fingerprint density at radius 2 is 2.10 bits per heavy atom. The molecule has 0 saturated heterocycles. The van der Waals surface area contributed by atoms with E-state index in [1.807, 2.05) is 0 Å². The van der Waals surface area contributed by atoms with Crippen molar-refractivity contribution in [1.29, 1.82) is 0 Å². The largest absolute Gasteiger partial charge is 0.306 e. The summed E-state index contributed by atoms with van der Waals surface area (Å²) in [5.41, 5.74) is 6.31. The fourth-order valence-corrected chi connectivity index (χ4v) is 3.33. The quantitative estimate of drug-likeness (QED) is 0.782. The van der Waals surface area contributed by atoms with E-state index in [0.29, 0.717) is 5.41 Å². The Hall–Kier alpha value is -1.57. The fourth-order valence-electron chi connectivity index (χ4n) is 3.33. The molecule has 0 amide bonds. The molecule has 2 aromatic rings. The van der Waals surface area contributed by atoms with E-state index in [4.69, 9.17) is 4.98 Å². The van der Waals surface area contributed by atoms with E-state index in [1.165, 1.54) is 36.1 Å². The number of aryl methyl sites for hydroxylation is 1. The molecule has 0 aliphatic heterocycles. The van der Waals surface area contributed by atoms with Gasteiger partial charge in [-0.1, -0.05) is 20.4 Å². The molecule has 0 radical (unpaired) electrons. The average molecular weight is 268 g/mol. The van der Waals surface area contributed by atoms with Gasteiger partial charge in [-0.05, 0) is 61.8 Å². The van der Waals surface area contributed by atoms with E-state index in [2.05, 4.69) is 57.1 Å².